The van der Waals surface area contributed by atoms with Gasteiger partial charge in [-0.15, -0.1) is 0 Å². The highest BCUT2D eigenvalue weighted by molar-refractivity contribution is 8.18. The molecule has 2 aliphatic rings. The summed E-state index contributed by atoms with van der Waals surface area (Å²) in [4.78, 5) is 22.8. The van der Waals surface area contributed by atoms with E-state index >= 15 is 0 Å². The van der Waals surface area contributed by atoms with Gasteiger partial charge >= 0.3 is 0 Å². The number of para-hydroxylation sites is 1. The van der Waals surface area contributed by atoms with Gasteiger partial charge in [0.05, 0.1) is 10.6 Å². The van der Waals surface area contributed by atoms with Crippen LogP contribution in [0.2, 0.25) is 0 Å². The third-order valence-corrected chi connectivity index (χ3v) is 8.24. The second kappa shape index (κ2) is 11.0. The Kier molecular flexibility index (Phi) is 7.18. The molecule has 7 heteroatoms. The first kappa shape index (κ1) is 25.3. The summed E-state index contributed by atoms with van der Waals surface area (Å²) in [6.45, 7) is 8.75. The number of piperazine rings is 1. The van der Waals surface area contributed by atoms with Crippen molar-refractivity contribution in [3.63, 3.8) is 0 Å². The Morgan fingerprint density at radius 2 is 1.62 bits per heavy atom. The van der Waals surface area contributed by atoms with Crippen LogP contribution < -0.4 is 0 Å². The maximum absolute atomic E-state index is 13.0. The van der Waals surface area contributed by atoms with Gasteiger partial charge in [-0.1, -0.05) is 66.2 Å². The van der Waals surface area contributed by atoms with Crippen molar-refractivity contribution < 1.29 is 4.79 Å². The first-order valence-corrected chi connectivity index (χ1v) is 14.1. The van der Waals surface area contributed by atoms with Crippen LogP contribution in [0.4, 0.5) is 0 Å². The normalized spacial score (nSPS) is 17.2. The summed E-state index contributed by atoms with van der Waals surface area (Å²) in [7, 11) is 0. The van der Waals surface area contributed by atoms with E-state index in [1.165, 1.54) is 22.9 Å². The number of benzene rings is 3. The minimum Gasteiger partial charge on any atom is -0.348 e. The number of hydrogen-bond donors (Lipinski definition) is 0. The average Bonchev–Trinajstić information content (AvgIpc) is 3.55. The lowest BCUT2D eigenvalue weighted by Gasteiger charge is -2.35. The summed E-state index contributed by atoms with van der Waals surface area (Å²) >= 11 is 1.47. The molecule has 6 rings (SSSR count). The highest BCUT2D eigenvalue weighted by Crippen LogP contribution is 2.34. The first-order valence-electron chi connectivity index (χ1n) is 13.3. The SMILES string of the molecule is Cc1ccc(C)c(-c2nn(-c3ccccc3)cc2C=C2SC(N3CCN(Cc4ccccc4)CC3)=NC2=O)c1. The number of amides is 1. The lowest BCUT2D eigenvalue weighted by Crippen LogP contribution is -2.47. The van der Waals surface area contributed by atoms with Gasteiger partial charge in [-0.2, -0.15) is 10.1 Å². The Morgan fingerprint density at radius 3 is 2.36 bits per heavy atom. The number of aliphatic imine (C=N–C) groups is 1. The molecule has 1 fully saturated rings. The van der Waals surface area contributed by atoms with Crippen LogP contribution in [0, 0.1) is 13.8 Å². The molecule has 196 valence electrons. The zero-order chi connectivity index (χ0) is 26.8. The van der Waals surface area contributed by atoms with Crippen LogP contribution in [0.25, 0.3) is 23.0 Å². The molecule has 0 aliphatic carbocycles. The van der Waals surface area contributed by atoms with Crippen LogP contribution in [-0.4, -0.2) is 56.8 Å². The highest BCUT2D eigenvalue weighted by atomic mass is 32.2. The lowest BCUT2D eigenvalue weighted by molar-refractivity contribution is -0.113. The molecular weight excluding hydrogens is 502 g/mol. The smallest absolute Gasteiger partial charge is 0.286 e. The summed E-state index contributed by atoms with van der Waals surface area (Å²) < 4.78 is 1.89. The quantitative estimate of drug-likeness (QED) is 0.297. The topological polar surface area (TPSA) is 53.7 Å². The maximum Gasteiger partial charge on any atom is 0.286 e. The van der Waals surface area contributed by atoms with Crippen LogP contribution in [0.15, 0.2) is 95.0 Å². The standard InChI is InChI=1S/C32H31N5OS/c1-23-13-14-24(2)28(19-23)30-26(22-37(34-30)27-11-7-4-8-12-27)20-29-31(38)33-32(39-29)36-17-15-35(16-18-36)21-25-9-5-3-6-10-25/h3-14,19-20,22H,15-18,21H2,1-2H3. The Hall–Kier alpha value is -3.94. The van der Waals surface area contributed by atoms with Crippen LogP contribution in [0.3, 0.4) is 0 Å². The van der Waals surface area contributed by atoms with Gasteiger partial charge in [0.1, 0.15) is 5.69 Å². The summed E-state index contributed by atoms with van der Waals surface area (Å²) in [5, 5.41) is 5.77. The van der Waals surface area contributed by atoms with Crippen LogP contribution in [0.1, 0.15) is 22.3 Å². The number of amidine groups is 1. The van der Waals surface area contributed by atoms with Crippen LogP contribution in [0.5, 0.6) is 0 Å². The molecule has 0 radical (unpaired) electrons. The fourth-order valence-corrected chi connectivity index (χ4v) is 5.98. The molecule has 6 nitrogen and oxygen atoms in total. The molecule has 0 bridgehead atoms. The molecule has 39 heavy (non-hydrogen) atoms. The molecule has 1 saturated heterocycles. The molecule has 0 unspecified atom stereocenters. The molecule has 2 aliphatic heterocycles. The zero-order valence-corrected chi connectivity index (χ0v) is 23.1. The maximum atomic E-state index is 13.0. The minimum absolute atomic E-state index is 0.180. The number of aromatic nitrogens is 2. The summed E-state index contributed by atoms with van der Waals surface area (Å²) in [6.07, 6.45) is 3.96. The Labute approximate surface area is 233 Å². The van der Waals surface area contributed by atoms with Gasteiger partial charge < -0.3 is 4.90 Å². The van der Waals surface area contributed by atoms with Crippen molar-refractivity contribution in [2.24, 2.45) is 4.99 Å². The van der Waals surface area contributed by atoms with E-state index in [1.807, 2.05) is 47.3 Å². The van der Waals surface area contributed by atoms with Crippen molar-refractivity contribution >= 4 is 28.9 Å². The van der Waals surface area contributed by atoms with E-state index in [0.29, 0.717) is 4.91 Å². The number of carbonyl (C=O) groups is 1. The van der Waals surface area contributed by atoms with E-state index in [0.717, 1.165) is 66.0 Å². The molecule has 3 heterocycles. The number of hydrogen-bond acceptors (Lipinski definition) is 5. The summed E-state index contributed by atoms with van der Waals surface area (Å²) in [6, 6.07) is 27.0. The number of rotatable bonds is 5. The highest BCUT2D eigenvalue weighted by Gasteiger charge is 2.29. The van der Waals surface area contributed by atoms with Crippen molar-refractivity contribution in [2.75, 3.05) is 26.2 Å². The number of aryl methyl sites for hydroxylation is 2. The first-order chi connectivity index (χ1) is 19.0. The second-order valence-electron chi connectivity index (χ2n) is 10.1. The van der Waals surface area contributed by atoms with Crippen molar-refractivity contribution in [1.29, 1.82) is 0 Å². The third-order valence-electron chi connectivity index (χ3n) is 7.20. The second-order valence-corrected chi connectivity index (χ2v) is 11.1. The Balaban J connectivity index is 1.23. The van der Waals surface area contributed by atoms with Crippen molar-refractivity contribution in [2.45, 2.75) is 20.4 Å². The third kappa shape index (κ3) is 5.60. The van der Waals surface area contributed by atoms with Gasteiger partial charge in [-0.25, -0.2) is 4.68 Å². The average molecular weight is 534 g/mol. The molecule has 0 spiro atoms. The minimum atomic E-state index is -0.180. The van der Waals surface area contributed by atoms with Gasteiger partial charge in [0, 0.05) is 50.0 Å². The Bertz CT molecular complexity index is 1550. The lowest BCUT2D eigenvalue weighted by atomic mass is 10.0. The van der Waals surface area contributed by atoms with Crippen LogP contribution in [-0.2, 0) is 11.3 Å². The molecule has 1 amide bonds. The van der Waals surface area contributed by atoms with Crippen molar-refractivity contribution in [1.82, 2.24) is 19.6 Å². The molecule has 0 saturated carbocycles. The molecule has 0 atom stereocenters. The van der Waals surface area contributed by atoms with E-state index in [1.54, 1.807) is 0 Å². The fourth-order valence-electron chi connectivity index (χ4n) is 5.02. The van der Waals surface area contributed by atoms with Crippen molar-refractivity contribution in [3.05, 3.63) is 112 Å². The van der Waals surface area contributed by atoms with Crippen molar-refractivity contribution in [3.8, 4) is 16.9 Å². The predicted molar refractivity (Wildman–Crippen MR) is 160 cm³/mol. The number of nitrogens with zero attached hydrogens (tertiary/aromatic N) is 5. The van der Waals surface area contributed by atoms with E-state index < -0.39 is 0 Å². The summed E-state index contributed by atoms with van der Waals surface area (Å²) in [5.74, 6) is -0.180. The zero-order valence-electron chi connectivity index (χ0n) is 22.2. The van der Waals surface area contributed by atoms with E-state index in [4.69, 9.17) is 5.10 Å². The van der Waals surface area contributed by atoms with E-state index in [-0.39, 0.29) is 5.91 Å². The number of carbonyl (C=O) groups excluding carboxylic acids is 1. The molecular formula is C32H31N5OS. The molecule has 0 N–H and O–H groups in total. The Morgan fingerprint density at radius 1 is 0.897 bits per heavy atom. The molecule has 4 aromatic rings. The van der Waals surface area contributed by atoms with E-state index in [2.05, 4.69) is 77.2 Å². The van der Waals surface area contributed by atoms with E-state index in [9.17, 15) is 4.79 Å². The van der Waals surface area contributed by atoms with Gasteiger partial charge in [-0.05, 0) is 61.0 Å². The monoisotopic (exact) mass is 533 g/mol. The fraction of sp³-hybridized carbons (Fsp3) is 0.219. The summed E-state index contributed by atoms with van der Waals surface area (Å²) in [5.41, 5.74) is 7.47. The van der Waals surface area contributed by atoms with Gasteiger partial charge in [0.15, 0.2) is 5.17 Å². The largest absolute Gasteiger partial charge is 0.348 e. The predicted octanol–water partition coefficient (Wildman–Crippen LogP) is 5.94. The molecule has 3 aromatic carbocycles. The number of thioether (sulfide) groups is 1. The molecule has 1 aromatic heterocycles. The van der Waals surface area contributed by atoms with Crippen LogP contribution >= 0.6 is 11.8 Å². The van der Waals surface area contributed by atoms with Gasteiger partial charge in [0.2, 0.25) is 0 Å². The van der Waals surface area contributed by atoms with Gasteiger partial charge in [0.25, 0.3) is 5.91 Å². The van der Waals surface area contributed by atoms with Gasteiger partial charge in [-0.3, -0.25) is 9.69 Å².